The second-order valence-corrected chi connectivity index (χ2v) is 24.4. The van der Waals surface area contributed by atoms with Gasteiger partial charge in [0.25, 0.3) is 0 Å². The topological polar surface area (TPSA) is 254 Å². The average molecular weight is 1500 g/mol. The first-order chi connectivity index (χ1) is 45.7. The van der Waals surface area contributed by atoms with Crippen molar-refractivity contribution >= 4 is 140 Å². The van der Waals surface area contributed by atoms with E-state index >= 15 is 0 Å². The number of methoxy groups -OCH3 is 4. The van der Waals surface area contributed by atoms with E-state index in [0.29, 0.717) is 66.3 Å². The van der Waals surface area contributed by atoms with Crippen LogP contribution in [-0.4, -0.2) is 106 Å². The lowest BCUT2D eigenvalue weighted by molar-refractivity contribution is -0.143. The van der Waals surface area contributed by atoms with Gasteiger partial charge in [0.2, 0.25) is 27.0 Å². The maximum atomic E-state index is 12.8. The molecule has 0 saturated heterocycles. The van der Waals surface area contributed by atoms with Crippen molar-refractivity contribution in [2.75, 3.05) is 63.3 Å². The van der Waals surface area contributed by atoms with Crippen molar-refractivity contribution in [3.05, 3.63) is 188 Å². The lowest BCUT2D eigenvalue weighted by atomic mass is 9.88. The minimum Gasteiger partial charge on any atom is -0.497 e. The van der Waals surface area contributed by atoms with E-state index in [1.54, 1.807) is 47.2 Å². The zero-order valence-corrected chi connectivity index (χ0v) is 61.5. The fraction of sp³-hybridized carbons (Fsp3) is 0.348. The molecule has 0 saturated carbocycles. The van der Waals surface area contributed by atoms with Crippen LogP contribution in [0, 0.1) is 0 Å². The number of nitrogens with one attached hydrogen (secondary N) is 1. The summed E-state index contributed by atoms with van der Waals surface area (Å²) in [7, 11) is 6.53. The molecule has 0 fully saturated rings. The summed E-state index contributed by atoms with van der Waals surface area (Å²) >= 11 is 53.4. The molecular formula is C66H73Cl9N12O9. The van der Waals surface area contributed by atoms with Crippen LogP contribution in [0.4, 0.5) is 17.5 Å². The highest BCUT2D eigenvalue weighted by atomic mass is 35.5. The van der Waals surface area contributed by atoms with Gasteiger partial charge in [-0.3, -0.25) is 19.3 Å². The molecule has 21 nitrogen and oxygen atoms in total. The lowest BCUT2D eigenvalue weighted by Crippen LogP contribution is -2.35. The summed E-state index contributed by atoms with van der Waals surface area (Å²) in [5, 5.41) is 4.19. The number of nitrogens with zero attached hydrogens (tertiary/aromatic N) is 10. The van der Waals surface area contributed by atoms with Crippen LogP contribution in [0.2, 0.25) is 46.9 Å². The number of carbonyl (C=O) groups excluding carboxylic acids is 3. The number of carbonyl (C=O) groups is 3. The molecule has 2 aliphatic heterocycles. The predicted molar refractivity (Wildman–Crippen MR) is 381 cm³/mol. The zero-order chi connectivity index (χ0) is 71.0. The van der Waals surface area contributed by atoms with E-state index in [1.165, 1.54) is 5.56 Å². The summed E-state index contributed by atoms with van der Waals surface area (Å²) in [4.78, 5) is 71.5. The second-order valence-electron chi connectivity index (χ2n) is 21.3. The van der Waals surface area contributed by atoms with Gasteiger partial charge in [0, 0.05) is 53.8 Å². The summed E-state index contributed by atoms with van der Waals surface area (Å²) in [5.41, 5.74) is 11.1. The third-order valence-electron chi connectivity index (χ3n) is 14.0. The van der Waals surface area contributed by atoms with Gasteiger partial charge in [0.05, 0.1) is 66.5 Å². The Morgan fingerprint density at radius 1 is 0.490 bits per heavy atom. The Hall–Kier alpha value is -7.02. The van der Waals surface area contributed by atoms with Crippen LogP contribution in [0.15, 0.2) is 97.1 Å². The van der Waals surface area contributed by atoms with Crippen molar-refractivity contribution in [3.8, 4) is 23.0 Å². The number of anilines is 3. The fourth-order valence-electron chi connectivity index (χ4n) is 9.34. The minimum absolute atomic E-state index is 0.00448. The molecule has 2 aliphatic rings. The summed E-state index contributed by atoms with van der Waals surface area (Å²) in [6.07, 6.45) is -0.0997. The van der Waals surface area contributed by atoms with E-state index < -0.39 is 17.4 Å². The van der Waals surface area contributed by atoms with E-state index in [4.69, 9.17) is 139 Å². The molecule has 6 heterocycles. The molecule has 0 radical (unpaired) electrons. The first-order valence-electron chi connectivity index (χ1n) is 29.6. The Labute approximate surface area is 603 Å². The molecule has 1 amide bonds. The Kier molecular flexibility index (Phi) is 31.7. The van der Waals surface area contributed by atoms with Crippen LogP contribution in [0.1, 0.15) is 99.9 Å². The summed E-state index contributed by atoms with van der Waals surface area (Å²) in [6.45, 7) is 18.9. The monoisotopic (exact) mass is 1490 g/mol. The van der Waals surface area contributed by atoms with Crippen molar-refractivity contribution in [1.29, 1.82) is 0 Å². The van der Waals surface area contributed by atoms with Crippen molar-refractivity contribution in [2.24, 2.45) is 5.73 Å². The van der Waals surface area contributed by atoms with Gasteiger partial charge in [-0.1, -0.05) is 134 Å². The lowest BCUT2D eigenvalue weighted by Gasteiger charge is -2.21. The van der Waals surface area contributed by atoms with Gasteiger partial charge >= 0.3 is 11.9 Å². The highest BCUT2D eigenvalue weighted by Gasteiger charge is 2.47. The summed E-state index contributed by atoms with van der Waals surface area (Å²) < 4.78 is 30.1. The number of aromatic nitrogens is 8. The average Bonchev–Trinajstić information content (AvgIpc) is 1.59. The van der Waals surface area contributed by atoms with E-state index in [1.807, 2.05) is 125 Å². The van der Waals surface area contributed by atoms with Crippen LogP contribution in [0.5, 0.6) is 23.0 Å². The van der Waals surface area contributed by atoms with Gasteiger partial charge in [-0.05, 0) is 145 Å². The Bertz CT molecular complexity index is 3840. The largest absolute Gasteiger partial charge is 0.497 e. The number of esters is 2. The van der Waals surface area contributed by atoms with E-state index in [9.17, 15) is 14.4 Å². The SMILES string of the molecule is CC.CCOC(=O)Cc1c(Cl)nc(Cl)nc1Cl.CCOC(=O)Cc1c(Cl)nc(Cl)nc1NCc1ccc(OC)cc1.COc1ccc(CN)cc1.COc1ccc(CN2C(=O)C(C)(C)c3c(Cl)nc(Cl)nc32)cc1.COc1ccc(CN2CC(C)(C)c3c(Cl)nc(Cl)nc32)cc1. The van der Waals surface area contributed by atoms with Crippen LogP contribution < -0.4 is 39.8 Å². The predicted octanol–water partition coefficient (Wildman–Crippen LogP) is 15.9. The van der Waals surface area contributed by atoms with Gasteiger partial charge in [-0.2, -0.15) is 4.98 Å². The summed E-state index contributed by atoms with van der Waals surface area (Å²) in [5.74, 6) is 4.03. The van der Waals surface area contributed by atoms with Gasteiger partial charge < -0.3 is 44.4 Å². The van der Waals surface area contributed by atoms with Crippen molar-refractivity contribution < 1.29 is 42.8 Å². The number of ether oxygens (including phenoxy) is 6. The quantitative estimate of drug-likeness (QED) is 0.0460. The molecule has 0 unspecified atom stereocenters. The summed E-state index contributed by atoms with van der Waals surface area (Å²) in [6, 6.07) is 30.8. The normalized spacial score (nSPS) is 12.6. The molecule has 0 aliphatic carbocycles. The Morgan fingerprint density at radius 2 is 0.854 bits per heavy atom. The number of amides is 1. The Balaban J connectivity index is 0.000000221. The van der Waals surface area contributed by atoms with Crippen molar-refractivity contribution in [2.45, 2.75) is 105 Å². The van der Waals surface area contributed by atoms with Gasteiger partial charge in [0.15, 0.2) is 0 Å². The number of hydrogen-bond donors (Lipinski definition) is 2. The zero-order valence-electron chi connectivity index (χ0n) is 54.7. The number of hydrogen-bond acceptors (Lipinski definition) is 20. The van der Waals surface area contributed by atoms with Gasteiger partial charge in [-0.25, -0.2) is 34.9 Å². The third-order valence-corrected chi connectivity index (χ3v) is 16.1. The van der Waals surface area contributed by atoms with Crippen LogP contribution in [-0.2, 0) is 73.7 Å². The molecule has 4 aromatic carbocycles. The molecule has 0 bridgehead atoms. The van der Waals surface area contributed by atoms with Gasteiger partial charge in [0.1, 0.15) is 66.2 Å². The molecule has 10 rings (SSSR count). The molecule has 8 aromatic rings. The fourth-order valence-corrected chi connectivity index (χ4v) is 11.8. The van der Waals surface area contributed by atoms with Crippen LogP contribution in [0.25, 0.3) is 0 Å². The minimum atomic E-state index is -0.788. The molecule has 514 valence electrons. The van der Waals surface area contributed by atoms with Crippen molar-refractivity contribution in [3.63, 3.8) is 0 Å². The standard InChI is InChI=1S/C16H17Cl2N3O3.C16H15Cl2N3O2.C16H17Cl2N3O.C8H7Cl3N2O2.C8H11NO.C2H6/c1-3-24-13(22)8-12-14(17)20-16(18)21-15(12)19-9-10-4-6-11(23-2)7-5-10;1-16(2)11-12(17)19-15(18)20-13(11)21(14(16)22)8-9-4-6-10(23-3)7-5-9;1-16(2)9-21(8-10-4-6-11(22-3)7-5-10)14-12(16)13(17)19-15(18)20-14;1-2-15-5(14)3-4-6(9)12-8(11)13-7(4)10;1-10-8-4-2-7(6-9)3-5-8;1-2/h4-7H,3,8-9H2,1-2H3,(H,19,20,21);4-7H,8H2,1-3H3;4-7H,8-9H2,1-3H3;2-3H2,1H3;2-5H,6,9H2,1H3;1-2H3. The van der Waals surface area contributed by atoms with Crippen LogP contribution >= 0.6 is 104 Å². The smallest absolute Gasteiger partial charge is 0.310 e. The number of nitrogens with two attached hydrogens (primary N) is 1. The van der Waals surface area contributed by atoms with E-state index in [0.717, 1.165) is 64.2 Å². The maximum absolute atomic E-state index is 12.8. The second kappa shape index (κ2) is 38.2. The third kappa shape index (κ3) is 22.5. The first kappa shape index (κ1) is 79.7. The molecule has 3 N–H and O–H groups in total. The molecule has 4 aromatic heterocycles. The molecule has 0 atom stereocenters. The first-order valence-corrected chi connectivity index (χ1v) is 33.0. The molecule has 30 heteroatoms. The molecule has 96 heavy (non-hydrogen) atoms. The van der Waals surface area contributed by atoms with Crippen molar-refractivity contribution in [1.82, 2.24) is 39.9 Å². The number of fused-ring (bicyclic) bond motifs is 2. The number of halogens is 9. The van der Waals surface area contributed by atoms with E-state index in [2.05, 4.69) is 63.9 Å². The highest BCUT2D eigenvalue weighted by Crippen LogP contribution is 2.46. The number of benzene rings is 4. The molecular weight excluding hydrogens is 1420 g/mol. The molecule has 0 spiro atoms. The van der Waals surface area contributed by atoms with Gasteiger partial charge in [-0.15, -0.1) is 0 Å². The highest BCUT2D eigenvalue weighted by molar-refractivity contribution is 6.37. The van der Waals surface area contributed by atoms with E-state index in [-0.39, 0.29) is 65.9 Å². The number of rotatable bonds is 18. The maximum Gasteiger partial charge on any atom is 0.310 e. The Morgan fingerprint density at radius 3 is 1.29 bits per heavy atom. The van der Waals surface area contributed by atoms with Crippen LogP contribution in [0.3, 0.4) is 0 Å².